The third kappa shape index (κ3) is 4.11. The summed E-state index contributed by atoms with van der Waals surface area (Å²) >= 11 is 0. The van der Waals surface area contributed by atoms with E-state index in [-0.39, 0.29) is 0 Å². The number of rotatable bonds is 4. The average Bonchev–Trinajstić information content (AvgIpc) is 3.48. The molecule has 0 amide bonds. The van der Waals surface area contributed by atoms with Crippen LogP contribution in [0.2, 0.25) is 0 Å². The first-order valence-corrected chi connectivity index (χ1v) is 9.77. The Morgan fingerprint density at radius 1 is 1.10 bits per heavy atom. The molecule has 5 rings (SSSR count). The zero-order valence-electron chi connectivity index (χ0n) is 16.2. The number of aromatic nitrogens is 6. The number of benzene rings is 1. The lowest BCUT2D eigenvalue weighted by molar-refractivity contribution is 0.187. The number of fused-ring (bicyclic) bond motifs is 1. The number of hydrogen-bond acceptors (Lipinski definition) is 7. The van der Waals surface area contributed by atoms with Gasteiger partial charge in [-0.05, 0) is 42.7 Å². The normalized spacial score (nSPS) is 15.7. The molecule has 0 saturated carbocycles. The summed E-state index contributed by atoms with van der Waals surface area (Å²) in [6.07, 6.45) is 6.24. The maximum absolute atomic E-state index is 5.41. The molecule has 1 atom stereocenters. The zero-order chi connectivity index (χ0) is 20.2. The Labute approximate surface area is 173 Å². The maximum Gasteiger partial charge on any atom is 0.223 e. The summed E-state index contributed by atoms with van der Waals surface area (Å²) in [6, 6.07) is 9.49. The molecular formula is C22H19N7O. The van der Waals surface area contributed by atoms with Crippen molar-refractivity contribution in [3.8, 4) is 23.4 Å². The minimum atomic E-state index is 0.494. The van der Waals surface area contributed by atoms with Crippen molar-refractivity contribution in [2.75, 3.05) is 25.1 Å². The largest absolute Gasteiger partial charge is 0.381 e. The molecule has 0 radical (unpaired) electrons. The maximum atomic E-state index is 5.41. The molecule has 0 aliphatic carbocycles. The molecule has 1 aliphatic heterocycles. The molecule has 1 aromatic carbocycles. The first-order valence-electron chi connectivity index (χ1n) is 9.77. The third-order valence-electron chi connectivity index (χ3n) is 4.89. The number of nitrogens with zero attached hydrogens (tertiary/aromatic N) is 5. The van der Waals surface area contributed by atoms with Crippen LogP contribution in [0.5, 0.6) is 0 Å². The Morgan fingerprint density at radius 3 is 3.00 bits per heavy atom. The van der Waals surface area contributed by atoms with Gasteiger partial charge in [-0.3, -0.25) is 5.10 Å². The SMILES string of the molecule is C(#Cc1ccnc(-c2ccnc(NC[C@@H]3CCOC3)n2)n1)c1ccc2[nH]ncc2c1. The van der Waals surface area contributed by atoms with Gasteiger partial charge in [0.25, 0.3) is 0 Å². The predicted molar refractivity (Wildman–Crippen MR) is 113 cm³/mol. The highest BCUT2D eigenvalue weighted by Crippen LogP contribution is 2.16. The summed E-state index contributed by atoms with van der Waals surface area (Å²) in [6.45, 7) is 2.39. The molecule has 0 spiro atoms. The van der Waals surface area contributed by atoms with Crippen LogP contribution in [0.4, 0.5) is 5.95 Å². The fraction of sp³-hybridized carbons (Fsp3) is 0.227. The number of ether oxygens (including phenoxy) is 1. The summed E-state index contributed by atoms with van der Waals surface area (Å²) < 4.78 is 5.41. The van der Waals surface area contributed by atoms with E-state index in [4.69, 9.17) is 4.74 Å². The van der Waals surface area contributed by atoms with Crippen LogP contribution < -0.4 is 5.32 Å². The highest BCUT2D eigenvalue weighted by atomic mass is 16.5. The van der Waals surface area contributed by atoms with Gasteiger partial charge in [0.2, 0.25) is 5.95 Å². The smallest absolute Gasteiger partial charge is 0.223 e. The van der Waals surface area contributed by atoms with Gasteiger partial charge in [0.1, 0.15) is 11.4 Å². The van der Waals surface area contributed by atoms with Crippen molar-refractivity contribution in [3.05, 3.63) is 60.2 Å². The van der Waals surface area contributed by atoms with Crippen LogP contribution in [0.25, 0.3) is 22.4 Å². The number of H-pyrrole nitrogens is 1. The molecule has 1 aliphatic rings. The van der Waals surface area contributed by atoms with E-state index in [1.165, 1.54) is 0 Å². The molecule has 148 valence electrons. The molecule has 0 bridgehead atoms. The monoisotopic (exact) mass is 397 g/mol. The van der Waals surface area contributed by atoms with Crippen molar-refractivity contribution in [3.63, 3.8) is 0 Å². The topological polar surface area (TPSA) is 102 Å². The van der Waals surface area contributed by atoms with Gasteiger partial charge in [0, 0.05) is 42.4 Å². The van der Waals surface area contributed by atoms with Gasteiger partial charge in [-0.2, -0.15) is 5.10 Å². The Balaban J connectivity index is 1.34. The quantitative estimate of drug-likeness (QED) is 0.511. The Kier molecular flexibility index (Phi) is 5.02. The molecule has 30 heavy (non-hydrogen) atoms. The van der Waals surface area contributed by atoms with Crippen LogP contribution in [0, 0.1) is 17.8 Å². The van der Waals surface area contributed by atoms with Gasteiger partial charge in [0.15, 0.2) is 5.82 Å². The van der Waals surface area contributed by atoms with E-state index < -0.39 is 0 Å². The molecule has 1 fully saturated rings. The van der Waals surface area contributed by atoms with Crippen LogP contribution >= 0.6 is 0 Å². The molecule has 3 aromatic heterocycles. The number of nitrogens with one attached hydrogen (secondary N) is 2. The van der Waals surface area contributed by atoms with Crippen LogP contribution in [-0.2, 0) is 4.74 Å². The molecular weight excluding hydrogens is 378 g/mol. The first kappa shape index (κ1) is 18.2. The molecule has 4 heterocycles. The highest BCUT2D eigenvalue weighted by Gasteiger charge is 2.15. The fourth-order valence-corrected chi connectivity index (χ4v) is 3.26. The minimum Gasteiger partial charge on any atom is -0.381 e. The van der Waals surface area contributed by atoms with Crippen molar-refractivity contribution < 1.29 is 4.74 Å². The van der Waals surface area contributed by atoms with E-state index in [9.17, 15) is 0 Å². The van der Waals surface area contributed by atoms with Gasteiger partial charge < -0.3 is 10.1 Å². The van der Waals surface area contributed by atoms with E-state index in [1.54, 1.807) is 30.7 Å². The van der Waals surface area contributed by atoms with E-state index >= 15 is 0 Å². The molecule has 1 saturated heterocycles. The van der Waals surface area contributed by atoms with Crippen molar-refractivity contribution in [2.45, 2.75) is 6.42 Å². The van der Waals surface area contributed by atoms with Gasteiger partial charge in [-0.1, -0.05) is 5.92 Å². The summed E-state index contributed by atoms with van der Waals surface area (Å²) in [5.41, 5.74) is 3.16. The van der Waals surface area contributed by atoms with Gasteiger partial charge in [0.05, 0.1) is 18.3 Å². The van der Waals surface area contributed by atoms with Crippen LogP contribution in [-0.4, -0.2) is 49.9 Å². The van der Waals surface area contributed by atoms with E-state index in [0.717, 1.165) is 42.6 Å². The van der Waals surface area contributed by atoms with Crippen molar-refractivity contribution >= 4 is 16.9 Å². The number of hydrogen-bond donors (Lipinski definition) is 2. The fourth-order valence-electron chi connectivity index (χ4n) is 3.26. The lowest BCUT2D eigenvalue weighted by atomic mass is 10.1. The highest BCUT2D eigenvalue weighted by molar-refractivity contribution is 5.79. The minimum absolute atomic E-state index is 0.494. The van der Waals surface area contributed by atoms with Crippen LogP contribution in [0.3, 0.4) is 0 Å². The van der Waals surface area contributed by atoms with Gasteiger partial charge in [-0.25, -0.2) is 19.9 Å². The summed E-state index contributed by atoms with van der Waals surface area (Å²) in [4.78, 5) is 17.7. The molecule has 8 heteroatoms. The molecule has 2 N–H and O–H groups in total. The summed E-state index contributed by atoms with van der Waals surface area (Å²) in [5.74, 6) is 7.82. The first-order chi connectivity index (χ1) is 14.8. The Morgan fingerprint density at radius 2 is 2.07 bits per heavy atom. The third-order valence-corrected chi connectivity index (χ3v) is 4.89. The van der Waals surface area contributed by atoms with Gasteiger partial charge in [-0.15, -0.1) is 0 Å². The Hall–Kier alpha value is -3.83. The second kappa shape index (κ2) is 8.27. The number of anilines is 1. The van der Waals surface area contributed by atoms with Gasteiger partial charge >= 0.3 is 0 Å². The average molecular weight is 397 g/mol. The van der Waals surface area contributed by atoms with Crippen molar-refractivity contribution in [1.82, 2.24) is 30.1 Å². The second-order valence-electron chi connectivity index (χ2n) is 7.06. The zero-order valence-corrected chi connectivity index (χ0v) is 16.2. The Bertz CT molecular complexity index is 1230. The van der Waals surface area contributed by atoms with E-state index in [1.807, 2.05) is 18.2 Å². The number of aromatic amines is 1. The predicted octanol–water partition coefficient (Wildman–Crippen LogP) is 2.66. The van der Waals surface area contributed by atoms with Crippen LogP contribution in [0.1, 0.15) is 17.7 Å². The molecule has 4 aromatic rings. The van der Waals surface area contributed by atoms with Crippen molar-refractivity contribution in [1.29, 1.82) is 0 Å². The summed E-state index contributed by atoms with van der Waals surface area (Å²) in [5, 5.41) is 11.3. The summed E-state index contributed by atoms with van der Waals surface area (Å²) in [7, 11) is 0. The van der Waals surface area contributed by atoms with Crippen LogP contribution in [0.15, 0.2) is 48.9 Å². The lowest BCUT2D eigenvalue weighted by Gasteiger charge is -2.09. The second-order valence-corrected chi connectivity index (χ2v) is 7.06. The van der Waals surface area contributed by atoms with E-state index in [2.05, 4.69) is 47.3 Å². The molecule has 0 unspecified atom stereocenters. The lowest BCUT2D eigenvalue weighted by Crippen LogP contribution is -2.15. The standard InChI is InChI=1S/C22H19N7O/c1(15-2-4-19-17(11-15)13-26-29-19)3-18-5-8-23-21(27-18)20-6-9-24-22(28-20)25-12-16-7-10-30-14-16/h2,4-6,8-9,11,13,16H,7,10,12,14H2,(H,26,29)(H,24,25,28)/t16-/m0/s1. The van der Waals surface area contributed by atoms with Crippen molar-refractivity contribution in [2.24, 2.45) is 5.92 Å². The van der Waals surface area contributed by atoms with E-state index in [0.29, 0.717) is 29.1 Å². The molecule has 8 nitrogen and oxygen atoms in total.